The molecule has 1 heterocycles. The number of hydrogen-bond donors (Lipinski definition) is 0. The number of fused-ring (bicyclic) bond motifs is 13. The zero-order valence-corrected chi connectivity index (χ0v) is 38.3. The lowest BCUT2D eigenvalue weighted by Crippen LogP contribution is -2.29. The van der Waals surface area contributed by atoms with Crippen molar-refractivity contribution in [1.82, 2.24) is 0 Å². The third kappa shape index (κ3) is 6.28. The standard InChI is InChI=1S/C67H45NO2/c1-3-14-44(15-4-1)45-26-28-46(29-27-45)47-30-32-48(33-31-47)49-34-37-53(38-35-49)68(52-17-5-2-6-18-52)54-19-13-16-50(42-54)51-36-40-62-64(43-51)70-66-63(69-62)41-39-61-65(66)57-22-9-12-25-60(57)67(61)58-23-10-7-20-55(58)56-21-8-11-24-59(56)67/h1-17,19-43,52H,18H2. The van der Waals surface area contributed by atoms with Gasteiger partial charge >= 0.3 is 0 Å². The highest BCUT2D eigenvalue weighted by molar-refractivity contribution is 5.98. The third-order valence-corrected chi connectivity index (χ3v) is 14.9. The summed E-state index contributed by atoms with van der Waals surface area (Å²) in [6.07, 6.45) is 9.77. The smallest absolute Gasteiger partial charge is 0.178 e. The van der Waals surface area contributed by atoms with Gasteiger partial charge in [0.2, 0.25) is 0 Å². The predicted molar refractivity (Wildman–Crippen MR) is 286 cm³/mol. The van der Waals surface area contributed by atoms with E-state index in [4.69, 9.17) is 9.47 Å². The third-order valence-electron chi connectivity index (χ3n) is 14.9. The van der Waals surface area contributed by atoms with E-state index in [0.29, 0.717) is 11.5 Å². The number of ether oxygens (including phenoxy) is 2. The van der Waals surface area contributed by atoms with Crippen LogP contribution in [0.5, 0.6) is 23.0 Å². The average molecular weight is 896 g/mol. The van der Waals surface area contributed by atoms with Gasteiger partial charge in [0.25, 0.3) is 0 Å². The average Bonchev–Trinajstić information content (AvgIpc) is 3.91. The second-order valence-corrected chi connectivity index (χ2v) is 18.7. The van der Waals surface area contributed by atoms with E-state index in [0.717, 1.165) is 46.0 Å². The van der Waals surface area contributed by atoms with Crippen LogP contribution in [0, 0.1) is 0 Å². The molecule has 0 saturated carbocycles. The summed E-state index contributed by atoms with van der Waals surface area (Å²) in [5.41, 5.74) is 21.1. The van der Waals surface area contributed by atoms with Gasteiger partial charge in [-0.1, -0.05) is 212 Å². The van der Waals surface area contributed by atoms with E-state index >= 15 is 0 Å². The largest absolute Gasteiger partial charge is 0.449 e. The second kappa shape index (κ2) is 16.1. The molecule has 0 fully saturated rings. The Morgan fingerprint density at radius 3 is 1.50 bits per heavy atom. The molecule has 1 unspecified atom stereocenters. The van der Waals surface area contributed by atoms with Crippen molar-refractivity contribution in [1.29, 1.82) is 0 Å². The lowest BCUT2D eigenvalue weighted by Gasteiger charge is -2.33. The Bertz CT molecular complexity index is 3690. The maximum absolute atomic E-state index is 7.10. The SMILES string of the molecule is C1=CCC(N(c2ccc(-c3ccc(-c4ccc(-c5ccccc5)cc4)cc3)cc2)c2cccc(-c3ccc4c(c3)Oc3c(ccc5c3-c3ccccc3C53c5ccccc5-c5ccccc53)O4)c2)C=C1. The molecule has 3 nitrogen and oxygen atoms in total. The molecule has 70 heavy (non-hydrogen) atoms. The molecule has 0 N–H and O–H groups in total. The molecule has 0 radical (unpaired) electrons. The fourth-order valence-electron chi connectivity index (χ4n) is 11.7. The molecule has 10 aromatic carbocycles. The fourth-order valence-corrected chi connectivity index (χ4v) is 11.7. The molecule has 0 aromatic heterocycles. The molecule has 0 saturated heterocycles. The fraction of sp³-hybridized carbons (Fsp3) is 0.0448. The van der Waals surface area contributed by atoms with Crippen LogP contribution in [0.1, 0.15) is 28.7 Å². The van der Waals surface area contributed by atoms with Gasteiger partial charge in [0.15, 0.2) is 23.0 Å². The van der Waals surface area contributed by atoms with Crippen LogP contribution in [0.25, 0.3) is 66.8 Å². The number of hydrogen-bond acceptors (Lipinski definition) is 3. The highest BCUT2D eigenvalue weighted by Crippen LogP contribution is 2.66. The Hall–Kier alpha value is -8.92. The van der Waals surface area contributed by atoms with Gasteiger partial charge in [0, 0.05) is 16.9 Å². The Labute approximate surface area is 408 Å². The molecule has 0 bridgehead atoms. The maximum atomic E-state index is 7.10. The highest BCUT2D eigenvalue weighted by Gasteiger charge is 2.53. The minimum Gasteiger partial charge on any atom is -0.449 e. The first-order chi connectivity index (χ1) is 34.7. The van der Waals surface area contributed by atoms with Gasteiger partial charge < -0.3 is 14.4 Å². The molecule has 1 aliphatic heterocycles. The molecule has 10 aromatic rings. The normalized spacial score (nSPS) is 14.9. The molecule has 0 amide bonds. The van der Waals surface area contributed by atoms with Crippen molar-refractivity contribution in [3.05, 3.63) is 277 Å². The zero-order valence-electron chi connectivity index (χ0n) is 38.3. The van der Waals surface area contributed by atoms with Gasteiger partial charge in [-0.15, -0.1) is 0 Å². The van der Waals surface area contributed by atoms with E-state index in [1.54, 1.807) is 0 Å². The van der Waals surface area contributed by atoms with Crippen molar-refractivity contribution in [2.75, 3.05) is 4.90 Å². The second-order valence-electron chi connectivity index (χ2n) is 18.7. The first kappa shape index (κ1) is 40.2. The minimum atomic E-state index is -0.460. The molecule has 3 aliphatic carbocycles. The summed E-state index contributed by atoms with van der Waals surface area (Å²) in [5.74, 6) is 2.90. The van der Waals surface area contributed by atoms with Crippen LogP contribution in [0.4, 0.5) is 11.4 Å². The molecule has 4 aliphatic rings. The minimum absolute atomic E-state index is 0.155. The van der Waals surface area contributed by atoms with E-state index < -0.39 is 5.41 Å². The van der Waals surface area contributed by atoms with Crippen molar-refractivity contribution in [3.8, 4) is 89.8 Å². The summed E-state index contributed by atoms with van der Waals surface area (Å²) in [7, 11) is 0. The summed E-state index contributed by atoms with van der Waals surface area (Å²) in [4.78, 5) is 2.46. The molecular formula is C67H45NO2. The van der Waals surface area contributed by atoms with Crippen LogP contribution >= 0.6 is 0 Å². The summed E-state index contributed by atoms with van der Waals surface area (Å²) in [6, 6.07) is 83.7. The van der Waals surface area contributed by atoms with E-state index in [2.05, 4.69) is 254 Å². The van der Waals surface area contributed by atoms with Crippen LogP contribution in [-0.4, -0.2) is 6.04 Å². The zero-order chi connectivity index (χ0) is 46.2. The monoisotopic (exact) mass is 895 g/mol. The summed E-state index contributed by atoms with van der Waals surface area (Å²) in [5, 5.41) is 0. The highest BCUT2D eigenvalue weighted by atomic mass is 16.6. The molecule has 1 spiro atoms. The van der Waals surface area contributed by atoms with E-state index in [9.17, 15) is 0 Å². The molecule has 330 valence electrons. The van der Waals surface area contributed by atoms with Crippen LogP contribution < -0.4 is 14.4 Å². The Kier molecular flexibility index (Phi) is 9.25. The van der Waals surface area contributed by atoms with Crippen LogP contribution in [0.3, 0.4) is 0 Å². The summed E-state index contributed by atoms with van der Waals surface area (Å²) in [6.45, 7) is 0. The number of benzene rings is 10. The Morgan fingerprint density at radius 2 is 0.871 bits per heavy atom. The molecular weight excluding hydrogens is 851 g/mol. The maximum Gasteiger partial charge on any atom is 0.178 e. The topological polar surface area (TPSA) is 21.7 Å². The first-order valence-electron chi connectivity index (χ1n) is 24.2. The van der Waals surface area contributed by atoms with E-state index in [-0.39, 0.29) is 6.04 Å². The van der Waals surface area contributed by atoms with Gasteiger partial charge in [-0.3, -0.25) is 0 Å². The van der Waals surface area contributed by atoms with Crippen LogP contribution in [0.15, 0.2) is 255 Å². The molecule has 1 atom stereocenters. The predicted octanol–water partition coefficient (Wildman–Crippen LogP) is 17.6. The molecule has 3 heteroatoms. The van der Waals surface area contributed by atoms with Crippen molar-refractivity contribution >= 4 is 11.4 Å². The van der Waals surface area contributed by atoms with Crippen LogP contribution in [0.2, 0.25) is 0 Å². The van der Waals surface area contributed by atoms with Crippen molar-refractivity contribution in [2.45, 2.75) is 17.9 Å². The van der Waals surface area contributed by atoms with Gasteiger partial charge in [-0.25, -0.2) is 0 Å². The summed E-state index contributed by atoms with van der Waals surface area (Å²) < 4.78 is 13.8. The molecule has 14 rings (SSSR count). The van der Waals surface area contributed by atoms with Gasteiger partial charge in [0.05, 0.1) is 11.5 Å². The van der Waals surface area contributed by atoms with Crippen molar-refractivity contribution < 1.29 is 9.47 Å². The lowest BCUT2D eigenvalue weighted by molar-refractivity contribution is 0.360. The van der Waals surface area contributed by atoms with Crippen molar-refractivity contribution in [3.63, 3.8) is 0 Å². The number of rotatable bonds is 7. The quantitative estimate of drug-likeness (QED) is 0.159. The van der Waals surface area contributed by atoms with Gasteiger partial charge in [-0.05, 0) is 132 Å². The van der Waals surface area contributed by atoms with Gasteiger partial charge in [0.1, 0.15) is 0 Å². The number of allylic oxidation sites excluding steroid dienone is 2. The number of nitrogens with zero attached hydrogens (tertiary/aromatic N) is 1. The Balaban J connectivity index is 0.774. The lowest BCUT2D eigenvalue weighted by atomic mass is 9.70. The van der Waals surface area contributed by atoms with E-state index in [1.165, 1.54) is 72.3 Å². The van der Waals surface area contributed by atoms with E-state index in [1.807, 2.05) is 6.07 Å². The van der Waals surface area contributed by atoms with Gasteiger partial charge in [-0.2, -0.15) is 0 Å². The summed E-state index contributed by atoms with van der Waals surface area (Å²) >= 11 is 0. The van der Waals surface area contributed by atoms with Crippen molar-refractivity contribution in [2.24, 2.45) is 0 Å². The number of anilines is 2. The van der Waals surface area contributed by atoms with Crippen LogP contribution in [-0.2, 0) is 5.41 Å². The first-order valence-corrected chi connectivity index (χ1v) is 24.2. The Morgan fingerprint density at radius 1 is 0.357 bits per heavy atom.